The van der Waals surface area contributed by atoms with Gasteiger partial charge in [0.15, 0.2) is 5.78 Å². The van der Waals surface area contributed by atoms with E-state index in [9.17, 15) is 19.5 Å². The largest absolute Gasteiger partial charge is 0.456 e. The zero-order valence-corrected chi connectivity index (χ0v) is 22.6. The van der Waals surface area contributed by atoms with Crippen LogP contribution in [0.25, 0.3) is 0 Å². The van der Waals surface area contributed by atoms with Gasteiger partial charge < -0.3 is 28.8 Å². The summed E-state index contributed by atoms with van der Waals surface area (Å²) in [6, 6.07) is 0. The van der Waals surface area contributed by atoms with Crippen molar-refractivity contribution in [2.24, 2.45) is 29.1 Å². The second kappa shape index (κ2) is 6.56. The van der Waals surface area contributed by atoms with Crippen molar-refractivity contribution >= 4 is 17.7 Å². The Morgan fingerprint density at radius 1 is 1.03 bits per heavy atom. The third-order valence-electron chi connectivity index (χ3n) is 12.4. The highest BCUT2D eigenvalue weighted by Gasteiger charge is 2.91. The first kappa shape index (κ1) is 24.0. The highest BCUT2D eigenvalue weighted by molar-refractivity contribution is 5.95. The van der Waals surface area contributed by atoms with Crippen LogP contribution in [0.4, 0.5) is 0 Å². The average Bonchev–Trinajstić information content (AvgIpc) is 3.49. The number of ketones is 1. The van der Waals surface area contributed by atoms with Crippen molar-refractivity contribution < 1.29 is 43.2 Å². The third-order valence-corrected chi connectivity index (χ3v) is 12.4. The smallest absolute Gasteiger partial charge is 0.334 e. The molecule has 0 aromatic heterocycles. The number of cyclic esters (lactones) is 1. The van der Waals surface area contributed by atoms with Gasteiger partial charge in [0.05, 0.1) is 34.6 Å². The Bertz CT molecular complexity index is 1240. The van der Waals surface area contributed by atoms with E-state index in [-0.39, 0.29) is 48.0 Å². The van der Waals surface area contributed by atoms with Crippen molar-refractivity contribution in [2.45, 2.75) is 120 Å². The Morgan fingerprint density at radius 2 is 1.76 bits per heavy atom. The number of ether oxygens (including phenoxy) is 5. The van der Waals surface area contributed by atoms with Crippen LogP contribution >= 0.6 is 0 Å². The van der Waals surface area contributed by atoms with Gasteiger partial charge in [0, 0.05) is 23.8 Å². The molecule has 8 aliphatic rings. The molecule has 4 saturated heterocycles. The van der Waals surface area contributed by atoms with Crippen LogP contribution in [0.15, 0.2) is 11.6 Å². The molecule has 9 nitrogen and oxygen atoms in total. The molecule has 3 saturated carbocycles. The van der Waals surface area contributed by atoms with Crippen LogP contribution in [0.3, 0.4) is 0 Å². The van der Waals surface area contributed by atoms with Crippen molar-refractivity contribution in [1.29, 1.82) is 0 Å². The predicted molar refractivity (Wildman–Crippen MR) is 128 cm³/mol. The van der Waals surface area contributed by atoms with Crippen molar-refractivity contribution in [2.75, 3.05) is 0 Å². The number of rotatable bonds is 1. The van der Waals surface area contributed by atoms with Gasteiger partial charge in [-0.15, -0.1) is 0 Å². The molecular formula is C29H36O9. The fourth-order valence-corrected chi connectivity index (χ4v) is 11.0. The molecule has 9 heteroatoms. The number of Topliss-reactive ketones (excluding diaryl/α,β-unsaturated/α-hetero) is 1. The van der Waals surface area contributed by atoms with E-state index in [1.807, 2.05) is 13.8 Å². The fraction of sp³-hybridized carbons (Fsp3) is 0.828. The van der Waals surface area contributed by atoms with E-state index in [1.54, 1.807) is 13.0 Å². The monoisotopic (exact) mass is 528 g/mol. The first-order chi connectivity index (χ1) is 17.7. The molecule has 8 rings (SSSR count). The lowest BCUT2D eigenvalue weighted by atomic mass is 9.52. The first-order valence-corrected chi connectivity index (χ1v) is 14.2. The summed E-state index contributed by atoms with van der Waals surface area (Å²) in [5.41, 5.74) is -3.52. The van der Waals surface area contributed by atoms with E-state index in [4.69, 9.17) is 23.7 Å². The minimum absolute atomic E-state index is 0.0154. The molecule has 0 amide bonds. The topological polar surface area (TPSA) is 118 Å². The van der Waals surface area contributed by atoms with Gasteiger partial charge in [-0.3, -0.25) is 9.59 Å². The number of hydrogen-bond donors (Lipinski definition) is 1. The van der Waals surface area contributed by atoms with Gasteiger partial charge in [-0.1, -0.05) is 13.8 Å². The molecule has 2 bridgehead atoms. The second-order valence-corrected chi connectivity index (χ2v) is 14.1. The van der Waals surface area contributed by atoms with Crippen LogP contribution in [-0.4, -0.2) is 69.3 Å². The molecule has 0 aromatic carbocycles. The SMILES string of the molecule is CC1=C[C@@H]([C@H]2O[C@]34CC[C@]56C[C@]78OC(=O)C[C@H]7OC(C)(C)[C@@H]8CC[C@H]5[C@@]3(C)[C@@](O)(O6)C(=O)[C@@H]4[C@@H]2C)OC1=O. The molecule has 7 fully saturated rings. The number of carbonyl (C=O) groups is 3. The first-order valence-electron chi connectivity index (χ1n) is 14.2. The molecule has 5 heterocycles. The summed E-state index contributed by atoms with van der Waals surface area (Å²) in [4.78, 5) is 39.0. The van der Waals surface area contributed by atoms with Crippen LogP contribution < -0.4 is 0 Å². The van der Waals surface area contributed by atoms with Crippen LogP contribution in [0, 0.1) is 29.1 Å². The van der Waals surface area contributed by atoms with Gasteiger partial charge in [0.25, 0.3) is 0 Å². The standard InChI is InChI=1S/C29H36O9/c1-13-10-15(34-23(13)32)21-14(2)20-22(31)29(33)25(5)17-7-6-16-24(3,4)35-18-11-19(30)36-27(16,18)12-26(17,38-29)8-9-28(20,25)37-21/h10,14-18,20-21,33H,6-9,11-12H2,1-5H3/t14-,15-,16-,17-,18+,20-,21-,25+,26-,27+,28-,29-/m0/s1. The summed E-state index contributed by atoms with van der Waals surface area (Å²) in [6.07, 6.45) is 3.55. The predicted octanol–water partition coefficient (Wildman–Crippen LogP) is 2.37. The lowest BCUT2D eigenvalue weighted by Crippen LogP contribution is -2.61. The molecule has 206 valence electrons. The zero-order chi connectivity index (χ0) is 26.8. The molecular weight excluding hydrogens is 492 g/mol. The molecule has 1 N–H and O–H groups in total. The summed E-state index contributed by atoms with van der Waals surface area (Å²) < 4.78 is 31.9. The van der Waals surface area contributed by atoms with E-state index in [2.05, 4.69) is 13.8 Å². The lowest BCUT2D eigenvalue weighted by molar-refractivity contribution is -0.252. The summed E-state index contributed by atoms with van der Waals surface area (Å²) >= 11 is 0. The van der Waals surface area contributed by atoms with Crippen LogP contribution in [0.1, 0.15) is 73.1 Å². The Balaban J connectivity index is 1.24. The number of aliphatic hydroxyl groups is 1. The van der Waals surface area contributed by atoms with Gasteiger partial charge in [-0.2, -0.15) is 0 Å². The average molecular weight is 529 g/mol. The molecule has 0 radical (unpaired) electrons. The van der Waals surface area contributed by atoms with Crippen molar-refractivity contribution in [3.63, 3.8) is 0 Å². The number of esters is 2. The highest BCUT2D eigenvalue weighted by Crippen LogP contribution is 2.79. The Kier molecular flexibility index (Phi) is 4.15. The maximum atomic E-state index is 14.2. The summed E-state index contributed by atoms with van der Waals surface area (Å²) in [5, 5.41) is 12.3. The van der Waals surface area contributed by atoms with Crippen LogP contribution in [0.5, 0.6) is 0 Å². The van der Waals surface area contributed by atoms with Crippen LogP contribution in [0.2, 0.25) is 0 Å². The third kappa shape index (κ3) is 2.26. The van der Waals surface area contributed by atoms with Crippen molar-refractivity contribution in [1.82, 2.24) is 0 Å². The molecule has 0 aromatic rings. The van der Waals surface area contributed by atoms with Gasteiger partial charge >= 0.3 is 11.9 Å². The van der Waals surface area contributed by atoms with Crippen molar-refractivity contribution in [3.05, 3.63) is 11.6 Å². The van der Waals surface area contributed by atoms with Crippen LogP contribution in [-0.2, 0) is 38.1 Å². The van der Waals surface area contributed by atoms with Gasteiger partial charge in [-0.05, 0) is 58.4 Å². The molecule has 3 aliphatic carbocycles. The highest BCUT2D eigenvalue weighted by atomic mass is 16.7. The van der Waals surface area contributed by atoms with Gasteiger partial charge in [0.2, 0.25) is 5.79 Å². The van der Waals surface area contributed by atoms with E-state index >= 15 is 0 Å². The quantitative estimate of drug-likeness (QED) is 0.512. The molecule has 38 heavy (non-hydrogen) atoms. The Hall–Kier alpha value is -1.81. The lowest BCUT2D eigenvalue weighted by Gasteiger charge is -2.53. The normalized spacial score (nSPS) is 59.1. The van der Waals surface area contributed by atoms with E-state index < -0.39 is 51.7 Å². The minimum atomic E-state index is -1.99. The summed E-state index contributed by atoms with van der Waals surface area (Å²) in [7, 11) is 0. The van der Waals surface area contributed by atoms with Crippen molar-refractivity contribution in [3.8, 4) is 0 Å². The second-order valence-electron chi connectivity index (χ2n) is 14.1. The molecule has 12 atom stereocenters. The van der Waals surface area contributed by atoms with Gasteiger partial charge in [0.1, 0.15) is 23.9 Å². The number of carbonyl (C=O) groups excluding carboxylic acids is 3. The molecule has 2 spiro atoms. The maximum absolute atomic E-state index is 14.2. The number of hydrogen-bond acceptors (Lipinski definition) is 9. The minimum Gasteiger partial charge on any atom is -0.456 e. The van der Waals surface area contributed by atoms with Gasteiger partial charge in [-0.25, -0.2) is 4.79 Å². The van der Waals surface area contributed by atoms with E-state index in [1.165, 1.54) is 0 Å². The maximum Gasteiger partial charge on any atom is 0.334 e. The zero-order valence-electron chi connectivity index (χ0n) is 22.6. The fourth-order valence-electron chi connectivity index (χ4n) is 11.0. The molecule has 5 aliphatic heterocycles. The molecule has 0 unspecified atom stereocenters. The summed E-state index contributed by atoms with van der Waals surface area (Å²) in [6.45, 7) is 9.80. The Morgan fingerprint density at radius 3 is 2.47 bits per heavy atom. The van der Waals surface area contributed by atoms with E-state index in [0.29, 0.717) is 31.3 Å². The Labute approximate surface area is 221 Å². The van der Waals surface area contributed by atoms with E-state index in [0.717, 1.165) is 6.42 Å². The summed E-state index contributed by atoms with van der Waals surface area (Å²) in [5.74, 6) is -3.96.